The van der Waals surface area contributed by atoms with E-state index in [0.29, 0.717) is 4.88 Å². The summed E-state index contributed by atoms with van der Waals surface area (Å²) in [5.41, 5.74) is -0.965. The first-order chi connectivity index (χ1) is 9.20. The highest BCUT2D eigenvalue weighted by Crippen LogP contribution is 2.39. The van der Waals surface area contributed by atoms with Crippen molar-refractivity contribution in [1.82, 2.24) is 4.98 Å². The van der Waals surface area contributed by atoms with Crippen LogP contribution < -0.4 is 0 Å². The molecule has 20 heavy (non-hydrogen) atoms. The summed E-state index contributed by atoms with van der Waals surface area (Å²) in [4.78, 5) is 3.82. The lowest BCUT2D eigenvalue weighted by atomic mass is 10.1. The van der Waals surface area contributed by atoms with E-state index in [1.165, 1.54) is 11.3 Å². The second-order valence-corrected chi connectivity index (χ2v) is 7.36. The Morgan fingerprint density at radius 1 is 1.30 bits per heavy atom. The third-order valence-corrected chi connectivity index (χ3v) is 6.01. The van der Waals surface area contributed by atoms with Crippen molar-refractivity contribution in [3.63, 3.8) is 0 Å². The van der Waals surface area contributed by atoms with Crippen molar-refractivity contribution < 1.29 is 18.3 Å². The number of aromatic nitrogens is 1. The highest BCUT2D eigenvalue weighted by molar-refractivity contribution is 9.13. The van der Waals surface area contributed by atoms with Crippen LogP contribution in [0.1, 0.15) is 22.2 Å². The Morgan fingerprint density at radius 2 is 1.95 bits per heavy atom. The zero-order valence-corrected chi connectivity index (χ0v) is 14.1. The third-order valence-electron chi connectivity index (χ3n) is 2.40. The molecule has 0 bridgehead atoms. The van der Waals surface area contributed by atoms with Crippen LogP contribution in [0.2, 0.25) is 5.15 Å². The Bertz CT molecular complexity index is 628. The molecule has 0 aromatic carbocycles. The molecule has 108 valence electrons. The Morgan fingerprint density at radius 3 is 2.40 bits per heavy atom. The van der Waals surface area contributed by atoms with Crippen molar-refractivity contribution in [3.05, 3.63) is 47.7 Å². The van der Waals surface area contributed by atoms with Gasteiger partial charge in [0, 0.05) is 14.9 Å². The van der Waals surface area contributed by atoms with Gasteiger partial charge in [0.05, 0.1) is 3.79 Å². The summed E-state index contributed by atoms with van der Waals surface area (Å²) in [5.74, 6) is 0. The molecule has 1 atom stereocenters. The maximum Gasteiger partial charge on any atom is 0.433 e. The molecule has 9 heteroatoms. The van der Waals surface area contributed by atoms with Gasteiger partial charge in [0.15, 0.2) is 0 Å². The van der Waals surface area contributed by atoms with E-state index in [9.17, 15) is 18.3 Å². The minimum Gasteiger partial charge on any atom is -0.383 e. The molecule has 0 saturated heterocycles. The fraction of sp³-hybridized carbons (Fsp3) is 0.182. The summed E-state index contributed by atoms with van der Waals surface area (Å²) >= 11 is 13.5. The molecule has 0 fully saturated rings. The number of halogens is 6. The van der Waals surface area contributed by atoms with Crippen LogP contribution in [-0.4, -0.2) is 10.1 Å². The molecule has 0 aliphatic heterocycles. The number of pyridine rings is 1. The molecule has 2 rings (SSSR count). The summed E-state index contributed by atoms with van der Waals surface area (Å²) in [6.07, 6.45) is -5.70. The van der Waals surface area contributed by atoms with Crippen LogP contribution in [0.5, 0.6) is 0 Å². The quantitative estimate of drug-likeness (QED) is 0.619. The van der Waals surface area contributed by atoms with Crippen LogP contribution >= 0.6 is 54.8 Å². The average Bonchev–Trinajstić information content (AvgIpc) is 2.67. The lowest BCUT2D eigenvalue weighted by Gasteiger charge is -2.12. The maximum atomic E-state index is 12.5. The van der Waals surface area contributed by atoms with Crippen LogP contribution in [0.3, 0.4) is 0 Å². The molecular formula is C11H5Br2ClF3NOS. The van der Waals surface area contributed by atoms with Crippen molar-refractivity contribution >= 4 is 54.8 Å². The topological polar surface area (TPSA) is 33.1 Å². The molecule has 1 N–H and O–H groups in total. The number of hydrogen-bond donors (Lipinski definition) is 1. The van der Waals surface area contributed by atoms with Crippen molar-refractivity contribution in [2.75, 3.05) is 0 Å². The predicted octanol–water partition coefficient (Wildman–Crippen LogP) is 5.42. The number of aliphatic hydroxyl groups excluding tert-OH is 1. The van der Waals surface area contributed by atoms with E-state index in [2.05, 4.69) is 36.8 Å². The Hall–Kier alpha value is -0.150. The molecule has 0 spiro atoms. The third kappa shape index (κ3) is 3.36. The van der Waals surface area contributed by atoms with Crippen LogP contribution in [0.4, 0.5) is 13.2 Å². The van der Waals surface area contributed by atoms with Crippen molar-refractivity contribution in [2.24, 2.45) is 0 Å². The Balaban J connectivity index is 2.38. The fourth-order valence-corrected chi connectivity index (χ4v) is 3.81. The highest BCUT2D eigenvalue weighted by atomic mass is 79.9. The first-order valence-corrected chi connectivity index (χ1v) is 7.84. The average molecular weight is 451 g/mol. The molecule has 0 aliphatic carbocycles. The monoisotopic (exact) mass is 449 g/mol. The second kappa shape index (κ2) is 5.92. The van der Waals surface area contributed by atoms with E-state index >= 15 is 0 Å². The van der Waals surface area contributed by atoms with Crippen molar-refractivity contribution in [1.29, 1.82) is 0 Å². The molecule has 2 aromatic heterocycles. The molecule has 2 aromatic rings. The van der Waals surface area contributed by atoms with E-state index in [-0.39, 0.29) is 10.7 Å². The van der Waals surface area contributed by atoms with Gasteiger partial charge in [0.1, 0.15) is 17.0 Å². The van der Waals surface area contributed by atoms with E-state index in [1.807, 2.05) is 0 Å². The van der Waals surface area contributed by atoms with Gasteiger partial charge < -0.3 is 5.11 Å². The Labute approximate surface area is 137 Å². The Kier molecular flexibility index (Phi) is 4.80. The molecule has 0 saturated carbocycles. The zero-order chi connectivity index (χ0) is 15.1. The van der Waals surface area contributed by atoms with Gasteiger partial charge in [0.2, 0.25) is 0 Å². The van der Waals surface area contributed by atoms with Gasteiger partial charge in [-0.1, -0.05) is 17.7 Å². The minimum atomic E-state index is -4.57. The van der Waals surface area contributed by atoms with Crippen molar-refractivity contribution in [2.45, 2.75) is 12.3 Å². The molecule has 2 heterocycles. The lowest BCUT2D eigenvalue weighted by molar-refractivity contribution is -0.141. The molecule has 0 aliphatic rings. The number of aliphatic hydroxyl groups is 1. The van der Waals surface area contributed by atoms with E-state index < -0.39 is 18.0 Å². The first-order valence-electron chi connectivity index (χ1n) is 5.06. The van der Waals surface area contributed by atoms with Gasteiger partial charge in [-0.2, -0.15) is 13.2 Å². The first kappa shape index (κ1) is 16.2. The molecular weight excluding hydrogens is 446 g/mol. The lowest BCUT2D eigenvalue weighted by Crippen LogP contribution is -2.09. The van der Waals surface area contributed by atoms with Crippen LogP contribution in [-0.2, 0) is 6.18 Å². The van der Waals surface area contributed by atoms with Gasteiger partial charge in [-0.25, -0.2) is 4.98 Å². The number of alkyl halides is 3. The van der Waals surface area contributed by atoms with Gasteiger partial charge in [-0.3, -0.25) is 0 Å². The summed E-state index contributed by atoms with van der Waals surface area (Å²) < 4.78 is 39.0. The summed E-state index contributed by atoms with van der Waals surface area (Å²) in [7, 11) is 0. The molecule has 2 nitrogen and oxygen atoms in total. The number of nitrogens with zero attached hydrogens (tertiary/aromatic N) is 1. The SMILES string of the molecule is OC(c1cc(Br)c(Br)s1)c1ccc(C(F)(F)F)nc1Cl. The van der Waals surface area contributed by atoms with E-state index in [0.717, 1.165) is 20.4 Å². The summed E-state index contributed by atoms with van der Waals surface area (Å²) in [6.45, 7) is 0. The van der Waals surface area contributed by atoms with Gasteiger partial charge >= 0.3 is 6.18 Å². The standard InChI is InChI=1S/C11H5Br2ClF3NOS/c12-5-3-6(20-9(5)13)8(19)4-1-2-7(11(15,16)17)18-10(4)14/h1-3,8,19H. The minimum absolute atomic E-state index is 0.126. The number of rotatable bonds is 2. The maximum absolute atomic E-state index is 12.5. The van der Waals surface area contributed by atoms with E-state index in [4.69, 9.17) is 11.6 Å². The predicted molar refractivity (Wildman–Crippen MR) is 78.0 cm³/mol. The molecule has 1 unspecified atom stereocenters. The number of hydrogen-bond acceptors (Lipinski definition) is 3. The van der Waals surface area contributed by atoms with E-state index in [1.54, 1.807) is 6.07 Å². The second-order valence-electron chi connectivity index (χ2n) is 3.75. The fourth-order valence-electron chi connectivity index (χ4n) is 1.46. The highest BCUT2D eigenvalue weighted by Gasteiger charge is 2.33. The smallest absolute Gasteiger partial charge is 0.383 e. The zero-order valence-electron chi connectivity index (χ0n) is 9.38. The van der Waals surface area contributed by atoms with Gasteiger partial charge in [0.25, 0.3) is 0 Å². The summed E-state index contributed by atoms with van der Waals surface area (Å²) in [6, 6.07) is 3.58. The van der Waals surface area contributed by atoms with Crippen LogP contribution in [0.15, 0.2) is 26.5 Å². The van der Waals surface area contributed by atoms with Crippen LogP contribution in [0, 0.1) is 0 Å². The molecule has 0 radical (unpaired) electrons. The largest absolute Gasteiger partial charge is 0.433 e. The van der Waals surface area contributed by atoms with Crippen LogP contribution in [0.25, 0.3) is 0 Å². The van der Waals surface area contributed by atoms with Gasteiger partial charge in [-0.15, -0.1) is 11.3 Å². The molecule has 0 amide bonds. The normalized spacial score (nSPS) is 13.6. The van der Waals surface area contributed by atoms with Crippen molar-refractivity contribution in [3.8, 4) is 0 Å². The number of thiophene rings is 1. The van der Waals surface area contributed by atoms with Gasteiger partial charge in [-0.05, 0) is 44.0 Å². The summed E-state index contributed by atoms with van der Waals surface area (Å²) in [5, 5.41) is 9.80.